The van der Waals surface area contributed by atoms with Crippen LogP contribution >= 0.6 is 15.9 Å². The smallest absolute Gasteiger partial charge is 0.225 e. The van der Waals surface area contributed by atoms with Gasteiger partial charge in [0.25, 0.3) is 0 Å². The first kappa shape index (κ1) is 13.8. The van der Waals surface area contributed by atoms with Gasteiger partial charge in [0.15, 0.2) is 0 Å². The van der Waals surface area contributed by atoms with Crippen LogP contribution in [-0.4, -0.2) is 36.1 Å². The van der Waals surface area contributed by atoms with E-state index in [0.717, 1.165) is 42.3 Å². The molecule has 0 N–H and O–H groups in total. The fraction of sp³-hybridized carbons (Fsp3) is 0.267. The predicted molar refractivity (Wildman–Crippen MR) is 85.3 cm³/mol. The van der Waals surface area contributed by atoms with Crippen molar-refractivity contribution in [1.29, 1.82) is 5.26 Å². The van der Waals surface area contributed by atoms with E-state index in [2.05, 4.69) is 41.8 Å². The highest BCUT2D eigenvalue weighted by Gasteiger charge is 2.19. The number of nitriles is 1. The molecule has 106 valence electrons. The number of hydrogen-bond donors (Lipinski definition) is 0. The second kappa shape index (κ2) is 6.10. The summed E-state index contributed by atoms with van der Waals surface area (Å²) in [6, 6.07) is 9.85. The molecule has 1 aliphatic heterocycles. The zero-order valence-corrected chi connectivity index (χ0v) is 13.0. The quantitative estimate of drug-likeness (QED) is 0.838. The summed E-state index contributed by atoms with van der Waals surface area (Å²) in [5, 5.41) is 8.97. The minimum atomic E-state index is 0.662. The molecule has 1 fully saturated rings. The predicted octanol–water partition coefficient (Wildman–Crippen LogP) is 2.44. The lowest BCUT2D eigenvalue weighted by Gasteiger charge is -2.36. The number of benzene rings is 1. The second-order valence-corrected chi connectivity index (χ2v) is 5.65. The van der Waals surface area contributed by atoms with E-state index in [9.17, 15) is 0 Å². The van der Waals surface area contributed by atoms with Crippen LogP contribution in [0.4, 0.5) is 11.6 Å². The molecule has 6 heteroatoms. The van der Waals surface area contributed by atoms with E-state index in [-0.39, 0.29) is 0 Å². The minimum absolute atomic E-state index is 0.662. The molecule has 1 aliphatic rings. The van der Waals surface area contributed by atoms with Gasteiger partial charge in [0.05, 0.1) is 5.56 Å². The molecule has 2 aromatic rings. The summed E-state index contributed by atoms with van der Waals surface area (Å²) in [5.74, 6) is 0.790. The first-order valence-electron chi connectivity index (χ1n) is 6.74. The molecule has 0 radical (unpaired) electrons. The molecule has 0 aliphatic carbocycles. The normalized spacial score (nSPS) is 14.9. The summed E-state index contributed by atoms with van der Waals surface area (Å²) in [5.41, 5.74) is 1.80. The number of piperazine rings is 1. The molecule has 1 aromatic heterocycles. The van der Waals surface area contributed by atoms with Crippen molar-refractivity contribution in [2.24, 2.45) is 0 Å². The zero-order valence-electron chi connectivity index (χ0n) is 11.4. The third kappa shape index (κ3) is 2.98. The molecular weight excluding hydrogens is 330 g/mol. The van der Waals surface area contributed by atoms with Gasteiger partial charge in [-0.3, -0.25) is 0 Å². The highest BCUT2D eigenvalue weighted by Crippen LogP contribution is 2.25. The van der Waals surface area contributed by atoms with Crippen LogP contribution in [0.5, 0.6) is 0 Å². The maximum absolute atomic E-state index is 8.97. The van der Waals surface area contributed by atoms with E-state index in [0.29, 0.717) is 5.56 Å². The number of hydrogen-bond acceptors (Lipinski definition) is 5. The molecule has 0 atom stereocenters. The average Bonchev–Trinajstić information content (AvgIpc) is 2.56. The highest BCUT2D eigenvalue weighted by molar-refractivity contribution is 9.10. The summed E-state index contributed by atoms with van der Waals surface area (Å²) in [4.78, 5) is 13.1. The molecular formula is C15H14BrN5. The van der Waals surface area contributed by atoms with Crippen LogP contribution in [0, 0.1) is 11.3 Å². The molecule has 1 aromatic carbocycles. The fourth-order valence-electron chi connectivity index (χ4n) is 2.41. The topological polar surface area (TPSA) is 56.1 Å². The van der Waals surface area contributed by atoms with Crippen molar-refractivity contribution < 1.29 is 0 Å². The van der Waals surface area contributed by atoms with Crippen molar-refractivity contribution in [3.05, 3.63) is 46.7 Å². The van der Waals surface area contributed by atoms with Crippen molar-refractivity contribution in [3.63, 3.8) is 0 Å². The van der Waals surface area contributed by atoms with Gasteiger partial charge in [0, 0.05) is 48.7 Å². The number of nitrogens with zero attached hydrogens (tertiary/aromatic N) is 5. The molecule has 2 heterocycles. The molecule has 0 saturated carbocycles. The molecule has 0 spiro atoms. The van der Waals surface area contributed by atoms with Crippen LogP contribution in [0.25, 0.3) is 0 Å². The van der Waals surface area contributed by atoms with Crippen LogP contribution in [0.15, 0.2) is 41.1 Å². The Morgan fingerprint density at radius 3 is 2.33 bits per heavy atom. The lowest BCUT2D eigenvalue weighted by molar-refractivity contribution is 0.640. The Bertz CT molecular complexity index is 660. The first-order valence-corrected chi connectivity index (χ1v) is 7.54. The van der Waals surface area contributed by atoms with Crippen molar-refractivity contribution >= 4 is 27.6 Å². The average molecular weight is 344 g/mol. The van der Waals surface area contributed by atoms with E-state index >= 15 is 0 Å². The summed E-state index contributed by atoms with van der Waals surface area (Å²) in [6.07, 6.45) is 3.54. The molecule has 0 amide bonds. The van der Waals surface area contributed by atoms with Gasteiger partial charge in [-0.1, -0.05) is 0 Å². The molecule has 3 rings (SSSR count). The van der Waals surface area contributed by atoms with Crippen LogP contribution < -0.4 is 9.80 Å². The van der Waals surface area contributed by atoms with E-state index in [1.165, 1.54) is 0 Å². The largest absolute Gasteiger partial charge is 0.368 e. The lowest BCUT2D eigenvalue weighted by atomic mass is 10.2. The van der Waals surface area contributed by atoms with Crippen molar-refractivity contribution in [3.8, 4) is 6.07 Å². The van der Waals surface area contributed by atoms with Crippen LogP contribution in [0.2, 0.25) is 0 Å². The maximum atomic E-state index is 8.97. The number of aromatic nitrogens is 2. The SMILES string of the molecule is N#Cc1ccc(N2CCN(c3ncccn3)CC2)cc1Br. The molecule has 5 nitrogen and oxygen atoms in total. The van der Waals surface area contributed by atoms with Gasteiger partial charge in [-0.15, -0.1) is 0 Å². The van der Waals surface area contributed by atoms with Crippen LogP contribution in [0.3, 0.4) is 0 Å². The lowest BCUT2D eigenvalue weighted by Crippen LogP contribution is -2.47. The zero-order chi connectivity index (χ0) is 14.7. The highest BCUT2D eigenvalue weighted by atomic mass is 79.9. The number of anilines is 2. The Kier molecular flexibility index (Phi) is 4.02. The second-order valence-electron chi connectivity index (χ2n) is 4.80. The van der Waals surface area contributed by atoms with E-state index in [1.807, 2.05) is 24.3 Å². The van der Waals surface area contributed by atoms with E-state index < -0.39 is 0 Å². The first-order chi connectivity index (χ1) is 10.3. The number of rotatable bonds is 2. The van der Waals surface area contributed by atoms with Gasteiger partial charge in [0.2, 0.25) is 5.95 Å². The van der Waals surface area contributed by atoms with E-state index in [1.54, 1.807) is 12.4 Å². The number of halogens is 1. The Morgan fingerprint density at radius 1 is 1.05 bits per heavy atom. The summed E-state index contributed by atoms with van der Waals surface area (Å²) in [6.45, 7) is 3.61. The minimum Gasteiger partial charge on any atom is -0.368 e. The molecule has 0 bridgehead atoms. The van der Waals surface area contributed by atoms with Gasteiger partial charge < -0.3 is 9.80 Å². The molecule has 1 saturated heterocycles. The fourth-order valence-corrected chi connectivity index (χ4v) is 2.87. The molecule has 0 unspecified atom stereocenters. The Balaban J connectivity index is 1.69. The molecule has 21 heavy (non-hydrogen) atoms. The van der Waals surface area contributed by atoms with Gasteiger partial charge in [0.1, 0.15) is 6.07 Å². The Morgan fingerprint density at radius 2 is 1.71 bits per heavy atom. The summed E-state index contributed by atoms with van der Waals surface area (Å²) >= 11 is 3.44. The van der Waals surface area contributed by atoms with Crippen LogP contribution in [-0.2, 0) is 0 Å². The van der Waals surface area contributed by atoms with Crippen molar-refractivity contribution in [2.75, 3.05) is 36.0 Å². The Labute approximate surface area is 132 Å². The van der Waals surface area contributed by atoms with Crippen molar-refractivity contribution in [2.45, 2.75) is 0 Å². The maximum Gasteiger partial charge on any atom is 0.225 e. The van der Waals surface area contributed by atoms with Gasteiger partial charge in [-0.05, 0) is 40.2 Å². The van der Waals surface area contributed by atoms with Gasteiger partial charge in [-0.2, -0.15) is 5.26 Å². The van der Waals surface area contributed by atoms with E-state index in [4.69, 9.17) is 5.26 Å². The Hall–Kier alpha value is -2.13. The van der Waals surface area contributed by atoms with Crippen molar-refractivity contribution in [1.82, 2.24) is 9.97 Å². The van der Waals surface area contributed by atoms with Gasteiger partial charge >= 0.3 is 0 Å². The third-order valence-electron chi connectivity index (χ3n) is 3.55. The monoisotopic (exact) mass is 343 g/mol. The standard InChI is InChI=1S/C15H14BrN5/c16-14-10-13(3-2-12(14)11-17)20-6-8-21(9-7-20)15-18-4-1-5-19-15/h1-5,10H,6-9H2. The summed E-state index contributed by atoms with van der Waals surface area (Å²) in [7, 11) is 0. The van der Waals surface area contributed by atoms with Gasteiger partial charge in [-0.25, -0.2) is 9.97 Å². The van der Waals surface area contributed by atoms with Crippen LogP contribution in [0.1, 0.15) is 5.56 Å². The third-order valence-corrected chi connectivity index (χ3v) is 4.21. The summed E-state index contributed by atoms with van der Waals surface area (Å²) < 4.78 is 0.844.